The van der Waals surface area contributed by atoms with Crippen LogP contribution in [-0.4, -0.2) is 19.8 Å². The lowest BCUT2D eigenvalue weighted by atomic mass is 10.3. The van der Waals surface area contributed by atoms with E-state index in [0.29, 0.717) is 4.57 Å². The van der Waals surface area contributed by atoms with Crippen LogP contribution in [-0.2, 0) is 17.9 Å². The van der Waals surface area contributed by atoms with E-state index in [1.807, 2.05) is 0 Å². The molecule has 0 saturated carbocycles. The van der Waals surface area contributed by atoms with Crippen molar-refractivity contribution in [2.45, 2.75) is 33.4 Å². The highest BCUT2D eigenvalue weighted by molar-refractivity contribution is 5.77. The van der Waals surface area contributed by atoms with Crippen molar-refractivity contribution in [1.29, 1.82) is 0 Å². The Labute approximate surface area is 102 Å². The molecule has 1 aromatic heterocycles. The summed E-state index contributed by atoms with van der Waals surface area (Å²) in [6, 6.07) is 0. The summed E-state index contributed by atoms with van der Waals surface area (Å²) in [5.74, 6) is -0.336. The van der Waals surface area contributed by atoms with Gasteiger partial charge >= 0.3 is 16.9 Å². The Morgan fingerprint density at radius 3 is 2.44 bits per heavy atom. The number of rotatable bonds is 5. The van der Waals surface area contributed by atoms with Gasteiger partial charge in [0, 0.05) is 13.0 Å². The summed E-state index contributed by atoms with van der Waals surface area (Å²) in [7, 11) is 0. The number of aryl methyl sites for hydroxylation is 1. The van der Waals surface area contributed by atoms with Crippen molar-refractivity contribution in [3.8, 4) is 0 Å². The molecule has 18 heavy (non-hydrogen) atoms. The van der Waals surface area contributed by atoms with E-state index >= 15 is 0 Å². The molecule has 0 bridgehead atoms. The van der Waals surface area contributed by atoms with E-state index in [2.05, 4.69) is 0 Å². The fraction of sp³-hybridized carbons (Fsp3) is 0.500. The molecule has 0 atom stereocenters. The number of hydrogen-bond donors (Lipinski definition) is 0. The van der Waals surface area contributed by atoms with Crippen molar-refractivity contribution in [2.75, 3.05) is 0 Å². The van der Waals surface area contributed by atoms with Crippen molar-refractivity contribution in [3.05, 3.63) is 37.1 Å². The van der Waals surface area contributed by atoms with Crippen LogP contribution in [0.25, 0.3) is 0 Å². The number of carbonyl (C=O) groups is 1. The van der Waals surface area contributed by atoms with Gasteiger partial charge in [0.25, 0.3) is 0 Å². The van der Waals surface area contributed by atoms with Crippen molar-refractivity contribution < 1.29 is 9.72 Å². The van der Waals surface area contributed by atoms with E-state index < -0.39 is 28.4 Å². The zero-order valence-corrected chi connectivity index (χ0v) is 10.1. The zero-order valence-electron chi connectivity index (χ0n) is 10.1. The van der Waals surface area contributed by atoms with Gasteiger partial charge in [-0.3, -0.25) is 24.3 Å². The van der Waals surface area contributed by atoms with Gasteiger partial charge in [-0.05, 0) is 6.92 Å². The summed E-state index contributed by atoms with van der Waals surface area (Å²) in [6.45, 7) is 2.95. The molecule has 0 spiro atoms. The van der Waals surface area contributed by atoms with Crippen LogP contribution in [0.15, 0.2) is 15.8 Å². The SMILES string of the molecule is CCC(=O)Cn1c(=O)c([N+](=O)[O-])cn(CC)c1=O. The molecular formula is C10H13N3O5. The Morgan fingerprint density at radius 1 is 1.39 bits per heavy atom. The van der Waals surface area contributed by atoms with Gasteiger partial charge in [0.05, 0.1) is 17.7 Å². The predicted octanol–water partition coefficient (Wildman–Crippen LogP) is -0.0828. The molecule has 8 heteroatoms. The van der Waals surface area contributed by atoms with Crippen LogP contribution >= 0.6 is 0 Å². The van der Waals surface area contributed by atoms with Crippen LogP contribution in [0.1, 0.15) is 20.3 Å². The van der Waals surface area contributed by atoms with Crippen molar-refractivity contribution in [3.63, 3.8) is 0 Å². The van der Waals surface area contributed by atoms with Gasteiger partial charge in [-0.25, -0.2) is 9.36 Å². The first-order valence-corrected chi connectivity index (χ1v) is 5.42. The molecule has 0 aliphatic heterocycles. The molecule has 0 amide bonds. The van der Waals surface area contributed by atoms with Crippen molar-refractivity contribution in [2.24, 2.45) is 0 Å². The number of ketones is 1. The fourth-order valence-corrected chi connectivity index (χ4v) is 1.42. The van der Waals surface area contributed by atoms with Crippen molar-refractivity contribution >= 4 is 11.5 Å². The van der Waals surface area contributed by atoms with Gasteiger partial charge in [-0.1, -0.05) is 6.92 Å². The molecule has 0 aliphatic carbocycles. The lowest BCUT2D eigenvalue weighted by Crippen LogP contribution is -2.41. The molecule has 8 nitrogen and oxygen atoms in total. The first-order chi connectivity index (χ1) is 8.42. The summed E-state index contributed by atoms with van der Waals surface area (Å²) >= 11 is 0. The molecule has 0 aromatic carbocycles. The molecule has 0 unspecified atom stereocenters. The zero-order chi connectivity index (χ0) is 13.9. The third-order valence-electron chi connectivity index (χ3n) is 2.49. The van der Waals surface area contributed by atoms with Gasteiger partial charge in [-0.15, -0.1) is 0 Å². The van der Waals surface area contributed by atoms with Gasteiger partial charge in [0.1, 0.15) is 0 Å². The minimum atomic E-state index is -1.04. The summed E-state index contributed by atoms with van der Waals surface area (Å²) in [6.07, 6.45) is 1.05. The first-order valence-electron chi connectivity index (χ1n) is 5.42. The number of aromatic nitrogens is 2. The maximum absolute atomic E-state index is 11.8. The monoisotopic (exact) mass is 255 g/mol. The molecule has 0 radical (unpaired) electrons. The van der Waals surface area contributed by atoms with Crippen LogP contribution < -0.4 is 11.2 Å². The first kappa shape index (κ1) is 13.8. The third kappa shape index (κ3) is 2.53. The lowest BCUT2D eigenvalue weighted by molar-refractivity contribution is -0.387. The summed E-state index contributed by atoms with van der Waals surface area (Å²) in [5, 5.41) is 10.7. The van der Waals surface area contributed by atoms with Gasteiger partial charge in [0.2, 0.25) is 0 Å². The number of carbonyl (C=O) groups excluding carboxylic acids is 1. The van der Waals surface area contributed by atoms with Gasteiger partial charge < -0.3 is 0 Å². The number of nitrogens with zero attached hydrogens (tertiary/aromatic N) is 3. The van der Waals surface area contributed by atoms with E-state index in [1.165, 1.54) is 0 Å². The highest BCUT2D eigenvalue weighted by Crippen LogP contribution is 2.00. The highest BCUT2D eigenvalue weighted by atomic mass is 16.6. The maximum Gasteiger partial charge on any atom is 0.350 e. The van der Waals surface area contributed by atoms with E-state index in [1.54, 1.807) is 13.8 Å². The minimum absolute atomic E-state index is 0.153. The van der Waals surface area contributed by atoms with Crippen LogP contribution in [0.5, 0.6) is 0 Å². The molecule has 0 aliphatic rings. The Morgan fingerprint density at radius 2 is 2.00 bits per heavy atom. The molecule has 1 rings (SSSR count). The Bertz CT molecular complexity index is 599. The van der Waals surface area contributed by atoms with Gasteiger partial charge in [-0.2, -0.15) is 0 Å². The molecule has 0 saturated heterocycles. The fourth-order valence-electron chi connectivity index (χ4n) is 1.42. The second-order valence-electron chi connectivity index (χ2n) is 3.62. The van der Waals surface area contributed by atoms with Crippen LogP contribution in [0.4, 0.5) is 5.69 Å². The summed E-state index contributed by atoms with van der Waals surface area (Å²) in [4.78, 5) is 44.6. The molecule has 1 heterocycles. The topological polar surface area (TPSA) is 104 Å². The lowest BCUT2D eigenvalue weighted by Gasteiger charge is -2.07. The number of Topliss-reactive ketones (excluding diaryl/α,β-unsaturated/α-hetero) is 1. The van der Waals surface area contributed by atoms with E-state index in [9.17, 15) is 24.5 Å². The molecule has 1 aromatic rings. The van der Waals surface area contributed by atoms with Crippen LogP contribution in [0.3, 0.4) is 0 Å². The third-order valence-corrected chi connectivity index (χ3v) is 2.49. The standard InChI is InChI=1S/C10H13N3O5/c1-3-7(14)5-12-9(15)8(13(17)18)6-11(4-2)10(12)16/h6H,3-5H2,1-2H3. The Hall–Kier alpha value is -2.25. The average molecular weight is 255 g/mol. The average Bonchev–Trinajstić information content (AvgIpc) is 2.33. The Balaban J connectivity index is 3.52. The highest BCUT2D eigenvalue weighted by Gasteiger charge is 2.20. The second kappa shape index (κ2) is 5.39. The largest absolute Gasteiger partial charge is 0.350 e. The number of nitro groups is 1. The van der Waals surface area contributed by atoms with E-state index in [4.69, 9.17) is 0 Å². The summed E-state index contributed by atoms with van der Waals surface area (Å²) in [5.41, 5.74) is -2.47. The second-order valence-corrected chi connectivity index (χ2v) is 3.62. The Kier molecular flexibility index (Phi) is 4.13. The smallest absolute Gasteiger partial charge is 0.298 e. The van der Waals surface area contributed by atoms with E-state index in [-0.39, 0.29) is 18.7 Å². The molecular weight excluding hydrogens is 242 g/mol. The minimum Gasteiger partial charge on any atom is -0.298 e. The van der Waals surface area contributed by atoms with Crippen molar-refractivity contribution in [1.82, 2.24) is 9.13 Å². The molecule has 0 fully saturated rings. The van der Waals surface area contributed by atoms with Crippen LogP contribution in [0.2, 0.25) is 0 Å². The molecule has 0 N–H and O–H groups in total. The number of hydrogen-bond acceptors (Lipinski definition) is 5. The van der Waals surface area contributed by atoms with E-state index in [0.717, 1.165) is 10.8 Å². The van der Waals surface area contributed by atoms with Crippen LogP contribution in [0, 0.1) is 10.1 Å². The van der Waals surface area contributed by atoms with Gasteiger partial charge in [0.15, 0.2) is 5.78 Å². The predicted molar refractivity (Wildman–Crippen MR) is 62.6 cm³/mol. The molecule has 98 valence electrons. The normalized spacial score (nSPS) is 10.3. The quantitative estimate of drug-likeness (QED) is 0.540. The summed E-state index contributed by atoms with van der Waals surface area (Å²) < 4.78 is 1.63. The maximum atomic E-state index is 11.8.